The van der Waals surface area contributed by atoms with Crippen LogP contribution in [-0.4, -0.2) is 85.0 Å². The minimum absolute atomic E-state index is 0.141. The SMILES string of the molecule is COc1ccc([C@H](Cc2c(Cl)c[n+](O)cc2Cl)OC(=O)c2ccc(CCN3CCC(C(=O)O)(c4ccccc4)CC3[C@H]3CN4CCC3CC4)cc2)cc1OC. The van der Waals surface area contributed by atoms with E-state index in [1.807, 2.05) is 42.5 Å². The van der Waals surface area contributed by atoms with E-state index in [4.69, 9.17) is 37.4 Å². The van der Waals surface area contributed by atoms with Crippen LogP contribution in [0.3, 0.4) is 0 Å². The van der Waals surface area contributed by atoms with Crippen molar-refractivity contribution in [3.8, 4) is 11.5 Å². The molecule has 0 amide bonds. The van der Waals surface area contributed by atoms with Crippen LogP contribution in [0.15, 0.2) is 85.2 Å². The molecule has 12 heteroatoms. The molecule has 0 aliphatic carbocycles. The highest BCUT2D eigenvalue weighted by Crippen LogP contribution is 2.45. The first-order valence-corrected chi connectivity index (χ1v) is 19.7. The van der Waals surface area contributed by atoms with Crippen molar-refractivity contribution < 1.29 is 38.8 Å². The van der Waals surface area contributed by atoms with Gasteiger partial charge in [-0.25, -0.2) is 4.79 Å². The Kier molecular flexibility index (Phi) is 11.9. The van der Waals surface area contributed by atoms with Crippen LogP contribution in [0.25, 0.3) is 0 Å². The standard InChI is InChI=1S/C43H47Cl2N3O7/c1-53-38-13-12-31(22-40(38)54-2)39(23-33-35(44)26-48(52)27-36(33)45)55-41(49)30-10-8-28(9-11-30)14-20-47-21-17-43(42(50)51,32-6-4-3-5-7-32)24-37(47)34-25-46-18-15-29(34)16-19-46/h3-13,22,26-27,29,34,37,39H,14-21,23-25H2,1-2H3,(H-,50,51,52)/p+1/t34-,37?,39-,43?/m0/s1. The van der Waals surface area contributed by atoms with Crippen molar-refractivity contribution in [2.45, 2.75) is 56.1 Å². The number of hydrogen-bond acceptors (Lipinski definition) is 8. The second-order valence-corrected chi connectivity index (χ2v) is 15.9. The summed E-state index contributed by atoms with van der Waals surface area (Å²) in [6, 6.07) is 22.8. The molecule has 4 aliphatic heterocycles. The number of halogens is 2. The van der Waals surface area contributed by atoms with Gasteiger partial charge in [-0.05, 0) is 105 Å². The number of likely N-dealkylation sites (tertiary alicyclic amines) is 1. The molecule has 4 aliphatic rings. The molecule has 0 saturated carbocycles. The predicted octanol–water partition coefficient (Wildman–Crippen LogP) is 7.05. The van der Waals surface area contributed by atoms with Gasteiger partial charge in [0.25, 0.3) is 0 Å². The number of esters is 1. The molecular weight excluding hydrogens is 741 g/mol. The average molecular weight is 790 g/mol. The number of carboxylic acids is 1. The van der Waals surface area contributed by atoms with E-state index in [2.05, 4.69) is 9.80 Å². The van der Waals surface area contributed by atoms with Crippen molar-refractivity contribution in [3.05, 3.63) is 123 Å². The number of hydrogen-bond donors (Lipinski definition) is 2. The molecule has 4 fully saturated rings. The summed E-state index contributed by atoms with van der Waals surface area (Å²) in [6.45, 7) is 4.82. The number of methoxy groups -OCH3 is 2. The predicted molar refractivity (Wildman–Crippen MR) is 208 cm³/mol. The number of benzene rings is 3. The molecule has 2 bridgehead atoms. The second-order valence-electron chi connectivity index (χ2n) is 15.1. The number of carbonyl (C=O) groups excluding carboxylic acids is 1. The third kappa shape index (κ3) is 8.28. The van der Waals surface area contributed by atoms with Gasteiger partial charge in [-0.2, -0.15) is 0 Å². The van der Waals surface area contributed by atoms with Gasteiger partial charge in [0.05, 0.1) is 25.2 Å². The highest BCUT2D eigenvalue weighted by Gasteiger charge is 2.51. The lowest BCUT2D eigenvalue weighted by molar-refractivity contribution is -0.904. The Labute approximate surface area is 332 Å². The van der Waals surface area contributed by atoms with Crippen LogP contribution in [0, 0.1) is 11.8 Å². The lowest BCUT2D eigenvalue weighted by Crippen LogP contribution is -2.61. The van der Waals surface area contributed by atoms with E-state index in [9.17, 15) is 19.9 Å². The molecule has 0 radical (unpaired) electrons. The molecule has 2 unspecified atom stereocenters. The minimum atomic E-state index is -0.900. The third-order valence-corrected chi connectivity index (χ3v) is 12.8. The number of carbonyl (C=O) groups is 2. The van der Waals surface area contributed by atoms with E-state index in [1.54, 1.807) is 37.4 Å². The largest absolute Gasteiger partial charge is 0.493 e. The molecule has 4 saturated heterocycles. The Morgan fingerprint density at radius 2 is 1.62 bits per heavy atom. The molecule has 2 N–H and O–H groups in total. The maximum atomic E-state index is 13.7. The molecule has 290 valence electrons. The minimum Gasteiger partial charge on any atom is -0.493 e. The van der Waals surface area contributed by atoms with Crippen molar-refractivity contribution >= 4 is 35.1 Å². The monoisotopic (exact) mass is 788 g/mol. The fourth-order valence-corrected chi connectivity index (χ4v) is 9.66. The zero-order valence-electron chi connectivity index (χ0n) is 31.2. The normalized spacial score (nSPS) is 24.2. The van der Waals surface area contributed by atoms with Gasteiger partial charge in [-0.3, -0.25) is 14.9 Å². The fraction of sp³-hybridized carbons (Fsp3) is 0.419. The van der Waals surface area contributed by atoms with E-state index in [0.717, 1.165) is 48.5 Å². The number of carboxylic acid groups (broad SMARTS) is 1. The van der Waals surface area contributed by atoms with Crippen molar-refractivity contribution in [3.63, 3.8) is 0 Å². The first-order valence-electron chi connectivity index (χ1n) is 18.9. The molecule has 4 atom stereocenters. The number of aromatic nitrogens is 1. The summed E-state index contributed by atoms with van der Waals surface area (Å²) in [5.74, 6) is 0.810. The van der Waals surface area contributed by atoms with Gasteiger partial charge in [-0.15, -0.1) is 0 Å². The number of nitrogens with zero attached hydrogens (tertiary/aromatic N) is 3. The molecular formula is C43H48Cl2N3O7+. The van der Waals surface area contributed by atoms with Gasteiger partial charge in [0.15, 0.2) is 11.5 Å². The Balaban J connectivity index is 1.07. The summed E-state index contributed by atoms with van der Waals surface area (Å²) < 4.78 is 17.8. The van der Waals surface area contributed by atoms with Gasteiger partial charge in [0.2, 0.25) is 12.4 Å². The van der Waals surface area contributed by atoms with E-state index in [0.29, 0.717) is 59.4 Å². The summed E-state index contributed by atoms with van der Waals surface area (Å²) >= 11 is 12.9. The molecule has 5 heterocycles. The summed E-state index contributed by atoms with van der Waals surface area (Å²) in [6.07, 6.45) is 6.28. The van der Waals surface area contributed by atoms with Crippen molar-refractivity contribution in [2.24, 2.45) is 11.8 Å². The Bertz CT molecular complexity index is 1970. The lowest BCUT2D eigenvalue weighted by atomic mass is 9.64. The highest BCUT2D eigenvalue weighted by atomic mass is 35.5. The number of piperidine rings is 4. The first-order chi connectivity index (χ1) is 26.6. The van der Waals surface area contributed by atoms with Crippen LogP contribution in [0.5, 0.6) is 11.5 Å². The third-order valence-electron chi connectivity index (χ3n) is 12.2. The summed E-state index contributed by atoms with van der Waals surface area (Å²) in [7, 11) is 3.08. The quantitative estimate of drug-likeness (QED) is 0.0837. The molecule has 55 heavy (non-hydrogen) atoms. The van der Waals surface area contributed by atoms with Crippen LogP contribution >= 0.6 is 23.2 Å². The van der Waals surface area contributed by atoms with E-state index < -0.39 is 23.5 Å². The smallest absolute Gasteiger partial charge is 0.338 e. The lowest BCUT2D eigenvalue weighted by Gasteiger charge is -2.54. The number of pyridine rings is 1. The van der Waals surface area contributed by atoms with Crippen LogP contribution in [0.2, 0.25) is 10.0 Å². The van der Waals surface area contributed by atoms with Crippen LogP contribution in [-0.2, 0) is 27.8 Å². The molecule has 4 aromatic rings. The first kappa shape index (κ1) is 38.9. The summed E-state index contributed by atoms with van der Waals surface area (Å²) in [5, 5.41) is 21.1. The number of aliphatic carboxylic acids is 1. The Hall–Kier alpha value is -4.35. The zero-order valence-corrected chi connectivity index (χ0v) is 32.7. The van der Waals surface area contributed by atoms with E-state index >= 15 is 0 Å². The Morgan fingerprint density at radius 3 is 2.24 bits per heavy atom. The van der Waals surface area contributed by atoms with Crippen LogP contribution in [0.4, 0.5) is 0 Å². The van der Waals surface area contributed by atoms with Crippen molar-refractivity contribution in [1.82, 2.24) is 9.80 Å². The number of fused-ring (bicyclic) bond motifs is 3. The molecule has 8 rings (SSSR count). The van der Waals surface area contributed by atoms with Crippen molar-refractivity contribution in [2.75, 3.05) is 46.9 Å². The zero-order chi connectivity index (χ0) is 38.7. The van der Waals surface area contributed by atoms with Gasteiger partial charge < -0.3 is 24.2 Å². The van der Waals surface area contributed by atoms with Crippen LogP contribution in [0.1, 0.15) is 64.4 Å². The van der Waals surface area contributed by atoms with Crippen molar-refractivity contribution in [1.29, 1.82) is 0 Å². The summed E-state index contributed by atoms with van der Waals surface area (Å²) in [4.78, 5) is 31.9. The average Bonchev–Trinajstić information content (AvgIpc) is 3.21. The highest BCUT2D eigenvalue weighted by molar-refractivity contribution is 6.35. The van der Waals surface area contributed by atoms with Gasteiger partial charge in [0, 0.05) is 35.8 Å². The van der Waals surface area contributed by atoms with E-state index in [1.165, 1.54) is 32.3 Å². The molecule has 0 spiro atoms. The van der Waals surface area contributed by atoms with Gasteiger partial charge in [0.1, 0.15) is 16.1 Å². The molecule has 1 aromatic heterocycles. The van der Waals surface area contributed by atoms with Gasteiger partial charge >= 0.3 is 11.9 Å². The van der Waals surface area contributed by atoms with Gasteiger partial charge in [-0.1, -0.05) is 71.7 Å². The summed E-state index contributed by atoms with van der Waals surface area (Å²) in [5.41, 5.74) is 2.63. The fourth-order valence-electron chi connectivity index (χ4n) is 9.05. The van der Waals surface area contributed by atoms with E-state index in [-0.39, 0.29) is 22.5 Å². The Morgan fingerprint density at radius 1 is 0.927 bits per heavy atom. The molecule has 10 nitrogen and oxygen atoms in total. The maximum absolute atomic E-state index is 13.7. The molecule has 3 aromatic carbocycles. The topological polar surface area (TPSA) is 113 Å². The maximum Gasteiger partial charge on any atom is 0.338 e. The number of ether oxygens (including phenoxy) is 3. The van der Waals surface area contributed by atoms with Crippen LogP contribution < -0.4 is 14.2 Å². The second kappa shape index (κ2) is 16.8. The number of rotatable bonds is 13.